The molecule has 1 rings (SSSR count). The molecule has 2 unspecified atom stereocenters. The Morgan fingerprint density at radius 1 is 1.12 bits per heavy atom. The molecule has 7 heteroatoms. The molecule has 0 fully saturated rings. The van der Waals surface area contributed by atoms with E-state index < -0.39 is 30.5 Å². The van der Waals surface area contributed by atoms with Gasteiger partial charge >= 0.3 is 11.9 Å². The maximum absolute atomic E-state index is 12.0. The summed E-state index contributed by atoms with van der Waals surface area (Å²) in [4.78, 5) is 35.7. The monoisotopic (exact) mass is 365 g/mol. The van der Waals surface area contributed by atoms with Crippen LogP contribution < -0.4 is 10.1 Å². The van der Waals surface area contributed by atoms with Gasteiger partial charge in [0, 0.05) is 0 Å². The average molecular weight is 365 g/mol. The predicted molar refractivity (Wildman–Crippen MR) is 95.9 cm³/mol. The summed E-state index contributed by atoms with van der Waals surface area (Å²) in [7, 11) is 1.26. The molecule has 0 heterocycles. The lowest BCUT2D eigenvalue weighted by Crippen LogP contribution is -2.47. The van der Waals surface area contributed by atoms with Crippen molar-refractivity contribution in [1.29, 1.82) is 0 Å². The van der Waals surface area contributed by atoms with E-state index in [0.717, 1.165) is 6.42 Å². The summed E-state index contributed by atoms with van der Waals surface area (Å²) < 4.78 is 15.1. The van der Waals surface area contributed by atoms with Crippen molar-refractivity contribution in [3.8, 4) is 5.75 Å². The molecule has 1 aromatic rings. The molecule has 2 atom stereocenters. The summed E-state index contributed by atoms with van der Waals surface area (Å²) in [6, 6.07) is 5.71. The van der Waals surface area contributed by atoms with E-state index in [9.17, 15) is 14.4 Å². The largest absolute Gasteiger partial charge is 0.494 e. The van der Waals surface area contributed by atoms with Gasteiger partial charge in [-0.1, -0.05) is 27.2 Å². The molecule has 7 nitrogen and oxygen atoms in total. The van der Waals surface area contributed by atoms with Gasteiger partial charge in [0.05, 0.1) is 19.3 Å². The van der Waals surface area contributed by atoms with Gasteiger partial charge in [0.25, 0.3) is 5.91 Å². The van der Waals surface area contributed by atoms with Crippen LogP contribution in [0.3, 0.4) is 0 Å². The zero-order chi connectivity index (χ0) is 19.5. The number of hydrogen-bond acceptors (Lipinski definition) is 6. The highest BCUT2D eigenvalue weighted by molar-refractivity contribution is 5.92. The number of nitrogens with one attached hydrogen (secondary N) is 1. The molecule has 0 aliphatic heterocycles. The lowest BCUT2D eigenvalue weighted by molar-refractivity contribution is -0.147. The van der Waals surface area contributed by atoms with Crippen LogP contribution in [0.5, 0.6) is 5.75 Å². The highest BCUT2D eigenvalue weighted by Gasteiger charge is 2.27. The molecule has 1 amide bonds. The number of methoxy groups -OCH3 is 1. The minimum Gasteiger partial charge on any atom is -0.494 e. The minimum atomic E-state index is -0.772. The molecule has 144 valence electrons. The van der Waals surface area contributed by atoms with Gasteiger partial charge in [-0.15, -0.1) is 0 Å². The first kappa shape index (κ1) is 21.5. The van der Waals surface area contributed by atoms with Gasteiger partial charge < -0.3 is 19.5 Å². The molecule has 1 N–H and O–H groups in total. The molecular formula is C19H27NO6. The number of esters is 2. The zero-order valence-electron chi connectivity index (χ0n) is 15.7. The molecule has 0 bridgehead atoms. The normalized spacial score (nSPS) is 12.6. The first-order chi connectivity index (χ1) is 12.4. The fourth-order valence-electron chi connectivity index (χ4n) is 2.13. The van der Waals surface area contributed by atoms with Crippen LogP contribution in [0.4, 0.5) is 0 Å². The second kappa shape index (κ2) is 11.1. The van der Waals surface area contributed by atoms with Gasteiger partial charge in [-0.25, -0.2) is 9.59 Å². The summed E-state index contributed by atoms with van der Waals surface area (Å²) in [6.07, 6.45) is 1.58. The van der Waals surface area contributed by atoms with Gasteiger partial charge in [0.15, 0.2) is 6.61 Å². The first-order valence-electron chi connectivity index (χ1n) is 8.70. The zero-order valence-corrected chi connectivity index (χ0v) is 15.7. The SMILES string of the molecule is CCCOc1ccc(C(=O)OCC(=O)NC(C(=O)OC)C(C)CC)cc1. The Labute approximate surface area is 154 Å². The number of hydrogen-bond donors (Lipinski definition) is 1. The molecular weight excluding hydrogens is 338 g/mol. The van der Waals surface area contributed by atoms with E-state index in [1.807, 2.05) is 20.8 Å². The molecule has 0 saturated carbocycles. The Bertz CT molecular complexity index is 599. The third-order valence-electron chi connectivity index (χ3n) is 3.88. The van der Waals surface area contributed by atoms with Crippen LogP contribution in [-0.4, -0.2) is 44.2 Å². The maximum atomic E-state index is 12.0. The van der Waals surface area contributed by atoms with Crippen molar-refractivity contribution in [3.63, 3.8) is 0 Å². The Balaban J connectivity index is 2.54. The predicted octanol–water partition coefficient (Wildman–Crippen LogP) is 2.34. The molecule has 26 heavy (non-hydrogen) atoms. The standard InChI is InChI=1S/C19H27NO6/c1-5-11-25-15-9-7-14(8-10-15)18(22)26-12-16(21)20-17(13(3)6-2)19(23)24-4/h7-10,13,17H,5-6,11-12H2,1-4H3,(H,20,21). The van der Waals surface area contributed by atoms with Crippen LogP contribution in [0.25, 0.3) is 0 Å². The van der Waals surface area contributed by atoms with E-state index in [2.05, 4.69) is 5.32 Å². The Morgan fingerprint density at radius 3 is 2.31 bits per heavy atom. The van der Waals surface area contributed by atoms with E-state index in [-0.39, 0.29) is 5.92 Å². The van der Waals surface area contributed by atoms with Crippen LogP contribution >= 0.6 is 0 Å². The summed E-state index contributed by atoms with van der Waals surface area (Å²) in [5, 5.41) is 2.55. The fraction of sp³-hybridized carbons (Fsp3) is 0.526. The lowest BCUT2D eigenvalue weighted by atomic mass is 9.99. The summed E-state index contributed by atoms with van der Waals surface area (Å²) in [5.74, 6) is -1.15. The average Bonchev–Trinajstić information content (AvgIpc) is 2.67. The quantitative estimate of drug-likeness (QED) is 0.640. The van der Waals surface area contributed by atoms with Crippen LogP contribution in [-0.2, 0) is 19.1 Å². The Morgan fingerprint density at radius 2 is 1.77 bits per heavy atom. The van der Waals surface area contributed by atoms with E-state index in [1.165, 1.54) is 7.11 Å². The lowest BCUT2D eigenvalue weighted by Gasteiger charge is -2.21. The third kappa shape index (κ3) is 6.74. The van der Waals surface area contributed by atoms with Gasteiger partial charge in [-0.05, 0) is 36.6 Å². The van der Waals surface area contributed by atoms with Crippen molar-refractivity contribution in [1.82, 2.24) is 5.32 Å². The number of benzene rings is 1. The van der Waals surface area contributed by atoms with E-state index >= 15 is 0 Å². The van der Waals surface area contributed by atoms with Crippen molar-refractivity contribution < 1.29 is 28.6 Å². The van der Waals surface area contributed by atoms with E-state index in [0.29, 0.717) is 24.3 Å². The van der Waals surface area contributed by atoms with Crippen molar-refractivity contribution in [2.75, 3.05) is 20.3 Å². The van der Waals surface area contributed by atoms with Crippen molar-refractivity contribution in [2.24, 2.45) is 5.92 Å². The first-order valence-corrected chi connectivity index (χ1v) is 8.70. The van der Waals surface area contributed by atoms with Gasteiger partial charge in [-0.2, -0.15) is 0 Å². The highest BCUT2D eigenvalue weighted by Crippen LogP contribution is 2.13. The van der Waals surface area contributed by atoms with Crippen molar-refractivity contribution >= 4 is 17.8 Å². The molecule has 1 aromatic carbocycles. The number of carbonyl (C=O) groups excluding carboxylic acids is 3. The van der Waals surface area contributed by atoms with E-state index in [1.54, 1.807) is 24.3 Å². The molecule has 0 aliphatic carbocycles. The van der Waals surface area contributed by atoms with Crippen LogP contribution in [0.2, 0.25) is 0 Å². The number of rotatable bonds is 10. The summed E-state index contributed by atoms with van der Waals surface area (Å²) in [6.45, 7) is 5.86. The third-order valence-corrected chi connectivity index (χ3v) is 3.88. The van der Waals surface area contributed by atoms with Crippen LogP contribution in [0, 0.1) is 5.92 Å². The minimum absolute atomic E-state index is 0.0993. The number of ether oxygens (including phenoxy) is 3. The molecule has 0 radical (unpaired) electrons. The van der Waals surface area contributed by atoms with Gasteiger partial charge in [0.1, 0.15) is 11.8 Å². The Hall–Kier alpha value is -2.57. The molecule has 0 aromatic heterocycles. The summed E-state index contributed by atoms with van der Waals surface area (Å²) in [5.41, 5.74) is 0.313. The van der Waals surface area contributed by atoms with Crippen molar-refractivity contribution in [3.05, 3.63) is 29.8 Å². The van der Waals surface area contributed by atoms with Crippen molar-refractivity contribution in [2.45, 2.75) is 39.7 Å². The topological polar surface area (TPSA) is 90.9 Å². The fourth-order valence-corrected chi connectivity index (χ4v) is 2.13. The molecule has 0 spiro atoms. The Kier molecular flexibility index (Phi) is 9.19. The smallest absolute Gasteiger partial charge is 0.338 e. The maximum Gasteiger partial charge on any atom is 0.338 e. The second-order valence-corrected chi connectivity index (χ2v) is 5.90. The van der Waals surface area contributed by atoms with E-state index in [4.69, 9.17) is 14.2 Å². The van der Waals surface area contributed by atoms with Gasteiger partial charge in [0.2, 0.25) is 0 Å². The number of amides is 1. The second-order valence-electron chi connectivity index (χ2n) is 5.90. The number of carbonyl (C=O) groups is 3. The molecule has 0 aliphatic rings. The van der Waals surface area contributed by atoms with Gasteiger partial charge in [-0.3, -0.25) is 4.79 Å². The van der Waals surface area contributed by atoms with Crippen LogP contribution in [0.1, 0.15) is 44.0 Å². The highest BCUT2D eigenvalue weighted by atomic mass is 16.5. The molecule has 0 saturated heterocycles. The summed E-state index contributed by atoms with van der Waals surface area (Å²) >= 11 is 0. The van der Waals surface area contributed by atoms with Crippen LogP contribution in [0.15, 0.2) is 24.3 Å².